The molecule has 0 aliphatic carbocycles. The topological polar surface area (TPSA) is 89.1 Å². The van der Waals surface area contributed by atoms with Crippen molar-refractivity contribution in [2.75, 3.05) is 30.3 Å². The molecular formula is C26H29BN6O. The summed E-state index contributed by atoms with van der Waals surface area (Å²) in [5.74, 6) is 0.954. The fraction of sp³-hybridized carbons (Fsp3) is 0.308. The van der Waals surface area contributed by atoms with E-state index < -0.39 is 0 Å². The second kappa shape index (κ2) is 10.3. The minimum absolute atomic E-state index is 0.0514. The monoisotopic (exact) mass is 452 g/mol. The van der Waals surface area contributed by atoms with E-state index in [1.54, 1.807) is 6.20 Å². The molecule has 34 heavy (non-hydrogen) atoms. The third kappa shape index (κ3) is 5.24. The van der Waals surface area contributed by atoms with Gasteiger partial charge in [0.2, 0.25) is 5.95 Å². The molecule has 0 bridgehead atoms. The Morgan fingerprint density at radius 3 is 2.68 bits per heavy atom. The smallest absolute Gasteiger partial charge is 0.229 e. The van der Waals surface area contributed by atoms with Crippen molar-refractivity contribution < 1.29 is 5.11 Å². The van der Waals surface area contributed by atoms with E-state index in [0.29, 0.717) is 23.6 Å². The molecule has 1 aliphatic rings. The van der Waals surface area contributed by atoms with Gasteiger partial charge in [-0.2, -0.15) is 4.98 Å². The highest BCUT2D eigenvalue weighted by Gasteiger charge is 2.15. The summed E-state index contributed by atoms with van der Waals surface area (Å²) >= 11 is 0. The van der Waals surface area contributed by atoms with E-state index in [1.807, 2.05) is 36.5 Å². The molecule has 4 N–H and O–H groups in total. The molecule has 1 fully saturated rings. The van der Waals surface area contributed by atoms with Gasteiger partial charge in [0.15, 0.2) is 0 Å². The van der Waals surface area contributed by atoms with Crippen LogP contribution in [-0.2, 0) is 13.0 Å². The van der Waals surface area contributed by atoms with Gasteiger partial charge in [0, 0.05) is 35.5 Å². The maximum atomic E-state index is 10.0. The van der Waals surface area contributed by atoms with Gasteiger partial charge in [0.25, 0.3) is 0 Å². The highest BCUT2D eigenvalue weighted by molar-refractivity contribution is 6.35. The molecule has 4 aromatic rings. The van der Waals surface area contributed by atoms with E-state index in [9.17, 15) is 5.11 Å². The number of fused-ring (bicyclic) bond motifs is 1. The zero-order chi connectivity index (χ0) is 23.3. The number of hydrogen-bond donors (Lipinski definition) is 4. The first kappa shape index (κ1) is 22.4. The Balaban J connectivity index is 1.25. The molecule has 0 saturated carbocycles. The quantitative estimate of drug-likeness (QED) is 0.292. The number of aliphatic hydroxyl groups excluding tert-OH is 1. The highest BCUT2D eigenvalue weighted by atomic mass is 16.3. The van der Waals surface area contributed by atoms with E-state index in [1.165, 1.54) is 31.5 Å². The number of H-pyrrole nitrogens is 1. The third-order valence-electron chi connectivity index (χ3n) is 6.33. The number of rotatable bonds is 9. The minimum atomic E-state index is -0.242. The maximum Gasteiger partial charge on any atom is 0.229 e. The Labute approximate surface area is 201 Å². The molecule has 1 atom stereocenters. The molecule has 0 amide bonds. The molecule has 172 valence electrons. The zero-order valence-corrected chi connectivity index (χ0v) is 19.2. The van der Waals surface area contributed by atoms with Crippen LogP contribution in [0.1, 0.15) is 24.0 Å². The van der Waals surface area contributed by atoms with Crippen molar-refractivity contribution in [1.82, 2.24) is 19.9 Å². The second-order valence-electron chi connectivity index (χ2n) is 8.89. The number of anilines is 3. The Bertz CT molecular complexity index is 1240. The molecule has 0 unspecified atom stereocenters. The Morgan fingerprint density at radius 2 is 1.88 bits per heavy atom. The van der Waals surface area contributed by atoms with Crippen molar-refractivity contribution in [1.29, 1.82) is 0 Å². The Morgan fingerprint density at radius 1 is 1.09 bits per heavy atom. The average Bonchev–Trinajstić information content (AvgIpc) is 3.52. The first-order valence-corrected chi connectivity index (χ1v) is 11.8. The second-order valence-corrected chi connectivity index (χ2v) is 8.89. The van der Waals surface area contributed by atoms with Crippen molar-refractivity contribution in [2.45, 2.75) is 31.8 Å². The molecule has 2 radical (unpaired) electrons. The van der Waals surface area contributed by atoms with Crippen LogP contribution in [0.2, 0.25) is 0 Å². The predicted molar refractivity (Wildman–Crippen MR) is 138 cm³/mol. The molecule has 0 spiro atoms. The summed E-state index contributed by atoms with van der Waals surface area (Å²) in [6.45, 7) is 3.31. The number of nitrogens with zero attached hydrogens (tertiary/aromatic N) is 3. The van der Waals surface area contributed by atoms with E-state index in [0.717, 1.165) is 28.7 Å². The lowest BCUT2D eigenvalue weighted by molar-refractivity contribution is 0.273. The van der Waals surface area contributed by atoms with Crippen molar-refractivity contribution >= 4 is 41.7 Å². The van der Waals surface area contributed by atoms with Gasteiger partial charge < -0.3 is 20.7 Å². The molecule has 3 heterocycles. The van der Waals surface area contributed by atoms with Crippen molar-refractivity contribution in [3.8, 4) is 0 Å². The van der Waals surface area contributed by atoms with Crippen LogP contribution < -0.4 is 16.1 Å². The first-order chi connectivity index (χ1) is 16.7. The lowest BCUT2D eigenvalue weighted by atomic mass is 9.98. The van der Waals surface area contributed by atoms with Crippen LogP contribution in [0.3, 0.4) is 0 Å². The fourth-order valence-corrected chi connectivity index (χ4v) is 4.51. The van der Waals surface area contributed by atoms with Crippen LogP contribution >= 0.6 is 0 Å². The SMILES string of the molecule is [B]c1cnc(Nc2ccc(CN3CCCC3)cc2)nc1N[C@@H](CO)Cc1c[nH]c2ccccc12. The summed E-state index contributed by atoms with van der Waals surface area (Å²) in [6.07, 6.45) is 6.79. The highest BCUT2D eigenvalue weighted by Crippen LogP contribution is 2.21. The largest absolute Gasteiger partial charge is 0.394 e. The standard InChI is InChI=1S/C26H29BN6O/c27-23-15-29-26(31-20-9-7-18(8-10-20)16-33-11-3-4-12-33)32-25(23)30-21(17-34)13-19-14-28-24-6-2-1-5-22(19)24/h1-2,5-10,14-15,21,28,34H,3-4,11-13,16-17H2,(H2,29,30,31,32)/t21-/m1/s1. The summed E-state index contributed by atoms with van der Waals surface area (Å²) in [4.78, 5) is 14.7. The zero-order valence-electron chi connectivity index (χ0n) is 19.2. The number of aromatic amines is 1. The maximum absolute atomic E-state index is 10.0. The van der Waals surface area contributed by atoms with E-state index in [4.69, 9.17) is 7.85 Å². The molecule has 2 aromatic heterocycles. The van der Waals surface area contributed by atoms with Crippen LogP contribution in [0, 0.1) is 0 Å². The number of aliphatic hydroxyl groups is 1. The fourth-order valence-electron chi connectivity index (χ4n) is 4.51. The molecule has 7 nitrogen and oxygen atoms in total. The van der Waals surface area contributed by atoms with Crippen molar-refractivity contribution in [2.24, 2.45) is 0 Å². The van der Waals surface area contributed by atoms with Gasteiger partial charge in [-0.25, -0.2) is 4.98 Å². The molecule has 2 aromatic carbocycles. The molecule has 8 heteroatoms. The number of benzene rings is 2. The number of para-hydroxylation sites is 1. The van der Waals surface area contributed by atoms with Crippen molar-refractivity contribution in [3.05, 3.63) is 72.1 Å². The van der Waals surface area contributed by atoms with Crippen LogP contribution in [0.5, 0.6) is 0 Å². The lowest BCUT2D eigenvalue weighted by Crippen LogP contribution is -2.30. The van der Waals surface area contributed by atoms with Gasteiger partial charge in [-0.1, -0.05) is 30.3 Å². The van der Waals surface area contributed by atoms with Crippen LogP contribution in [0.4, 0.5) is 17.5 Å². The molecule has 5 rings (SSSR count). The lowest BCUT2D eigenvalue weighted by Gasteiger charge is -2.19. The van der Waals surface area contributed by atoms with Crippen LogP contribution in [0.15, 0.2) is 60.9 Å². The number of aromatic nitrogens is 3. The molecule has 1 aliphatic heterocycles. The minimum Gasteiger partial charge on any atom is -0.394 e. The van der Waals surface area contributed by atoms with Gasteiger partial charge in [-0.05, 0) is 67.1 Å². The predicted octanol–water partition coefficient (Wildman–Crippen LogP) is 3.11. The van der Waals surface area contributed by atoms with E-state index >= 15 is 0 Å². The Hall–Kier alpha value is -3.36. The van der Waals surface area contributed by atoms with Gasteiger partial charge in [-0.15, -0.1) is 0 Å². The molecule has 1 saturated heterocycles. The normalized spacial score (nSPS) is 15.0. The Kier molecular flexibility index (Phi) is 6.78. The van der Waals surface area contributed by atoms with Crippen molar-refractivity contribution in [3.63, 3.8) is 0 Å². The summed E-state index contributed by atoms with van der Waals surface area (Å²) < 4.78 is 0. The average molecular weight is 452 g/mol. The number of likely N-dealkylation sites (tertiary alicyclic amines) is 1. The van der Waals surface area contributed by atoms with Crippen LogP contribution in [-0.4, -0.2) is 58.5 Å². The van der Waals surface area contributed by atoms with E-state index in [2.05, 4.69) is 48.7 Å². The first-order valence-electron chi connectivity index (χ1n) is 11.8. The summed E-state index contributed by atoms with van der Waals surface area (Å²) in [5.41, 5.74) is 4.86. The summed E-state index contributed by atoms with van der Waals surface area (Å²) in [7, 11) is 6.14. The summed E-state index contributed by atoms with van der Waals surface area (Å²) in [6, 6.07) is 16.3. The van der Waals surface area contributed by atoms with Gasteiger partial charge >= 0.3 is 0 Å². The van der Waals surface area contributed by atoms with E-state index in [-0.39, 0.29) is 12.6 Å². The van der Waals surface area contributed by atoms with Gasteiger partial charge in [0.1, 0.15) is 13.7 Å². The molecular weight excluding hydrogens is 423 g/mol. The number of nitrogens with one attached hydrogen (secondary N) is 3. The number of hydrogen-bond acceptors (Lipinski definition) is 6. The van der Waals surface area contributed by atoms with Crippen LogP contribution in [0.25, 0.3) is 10.9 Å². The van der Waals surface area contributed by atoms with Gasteiger partial charge in [0.05, 0.1) is 12.6 Å². The summed E-state index contributed by atoms with van der Waals surface area (Å²) in [5, 5.41) is 17.7. The third-order valence-corrected chi connectivity index (χ3v) is 6.33. The van der Waals surface area contributed by atoms with Gasteiger partial charge in [-0.3, -0.25) is 4.90 Å².